The maximum absolute atomic E-state index is 12.8. The maximum Gasteiger partial charge on any atom is 0.222 e. The monoisotopic (exact) mass is 520 g/mol. The lowest BCUT2D eigenvalue weighted by Gasteiger charge is -2.28. The molecule has 37 heavy (non-hydrogen) atoms. The van der Waals surface area contributed by atoms with Gasteiger partial charge < -0.3 is 14.5 Å². The summed E-state index contributed by atoms with van der Waals surface area (Å²) in [6.07, 6.45) is 3.70. The Hall–Kier alpha value is -2.82. The highest BCUT2D eigenvalue weighted by molar-refractivity contribution is 5.85. The van der Waals surface area contributed by atoms with Crippen molar-refractivity contribution in [2.75, 3.05) is 33.2 Å². The van der Waals surface area contributed by atoms with Gasteiger partial charge in [0.05, 0.1) is 0 Å². The number of carbonyl (C=O) groups excluding carboxylic acids is 1. The van der Waals surface area contributed by atoms with Crippen LogP contribution in [0.25, 0.3) is 11.1 Å². The summed E-state index contributed by atoms with van der Waals surface area (Å²) in [5.74, 6) is 1.62. The van der Waals surface area contributed by atoms with Gasteiger partial charge >= 0.3 is 0 Å². The number of likely N-dealkylation sites (N-methyl/N-ethyl adjacent to an activating group) is 2. The quantitative estimate of drug-likeness (QED) is 0.284. The van der Waals surface area contributed by atoms with Crippen molar-refractivity contribution in [3.05, 3.63) is 89.5 Å². The fourth-order valence-corrected chi connectivity index (χ4v) is 5.02. The normalized spacial score (nSPS) is 14.5. The van der Waals surface area contributed by atoms with Crippen LogP contribution in [-0.2, 0) is 24.2 Å². The van der Waals surface area contributed by atoms with E-state index in [1.807, 2.05) is 18.0 Å². The molecule has 198 valence electrons. The lowest BCUT2D eigenvalue weighted by atomic mass is 9.82. The molecule has 0 saturated carbocycles. The highest BCUT2D eigenvalue weighted by Gasteiger charge is 2.23. The molecule has 0 aliphatic heterocycles. The first-order valence-electron chi connectivity index (χ1n) is 13.4. The molecule has 5 heteroatoms. The smallest absolute Gasteiger partial charge is 0.222 e. The van der Waals surface area contributed by atoms with Crippen molar-refractivity contribution in [2.24, 2.45) is 5.92 Å². The van der Waals surface area contributed by atoms with Crippen molar-refractivity contribution in [3.8, 4) is 16.9 Å². The predicted molar refractivity (Wildman–Crippen MR) is 155 cm³/mol. The number of rotatable bonds is 11. The highest BCUT2D eigenvalue weighted by atomic mass is 35.5. The third-order valence-electron chi connectivity index (χ3n) is 7.51. The minimum Gasteiger partial charge on any atom is -0.489 e. The first kappa shape index (κ1) is 28.7. The van der Waals surface area contributed by atoms with Crippen LogP contribution in [0, 0.1) is 5.92 Å². The van der Waals surface area contributed by atoms with E-state index in [1.165, 1.54) is 22.3 Å². The number of ether oxygens (including phenoxy) is 1. The number of fused-ring (bicyclic) bond motifs is 1. The van der Waals surface area contributed by atoms with Gasteiger partial charge in [0.25, 0.3) is 0 Å². The van der Waals surface area contributed by atoms with E-state index >= 15 is 0 Å². The summed E-state index contributed by atoms with van der Waals surface area (Å²) in [5, 5.41) is 0. The summed E-state index contributed by atoms with van der Waals surface area (Å²) in [6, 6.07) is 25.5. The van der Waals surface area contributed by atoms with Crippen molar-refractivity contribution >= 4 is 18.3 Å². The number of nitrogens with zero attached hydrogens (tertiary/aromatic N) is 2. The van der Waals surface area contributed by atoms with E-state index in [9.17, 15) is 4.79 Å². The summed E-state index contributed by atoms with van der Waals surface area (Å²) in [6.45, 7) is 8.72. The molecule has 0 saturated heterocycles. The maximum atomic E-state index is 12.8. The second kappa shape index (κ2) is 14.2. The molecule has 1 amide bonds. The van der Waals surface area contributed by atoms with Crippen LogP contribution in [0.1, 0.15) is 43.4 Å². The molecular weight excluding hydrogens is 480 g/mol. The summed E-state index contributed by atoms with van der Waals surface area (Å²) in [4.78, 5) is 17.1. The first-order valence-corrected chi connectivity index (χ1v) is 13.4. The van der Waals surface area contributed by atoms with Crippen LogP contribution in [-0.4, -0.2) is 48.9 Å². The average molecular weight is 521 g/mol. The van der Waals surface area contributed by atoms with E-state index in [0.717, 1.165) is 56.8 Å². The third kappa shape index (κ3) is 8.08. The van der Waals surface area contributed by atoms with Crippen LogP contribution in [0.5, 0.6) is 5.75 Å². The summed E-state index contributed by atoms with van der Waals surface area (Å²) >= 11 is 0. The molecule has 0 N–H and O–H groups in total. The van der Waals surface area contributed by atoms with Crippen molar-refractivity contribution < 1.29 is 9.53 Å². The van der Waals surface area contributed by atoms with E-state index in [0.29, 0.717) is 18.9 Å². The van der Waals surface area contributed by atoms with Crippen molar-refractivity contribution in [2.45, 2.75) is 46.1 Å². The van der Waals surface area contributed by atoms with Gasteiger partial charge in [0, 0.05) is 26.6 Å². The van der Waals surface area contributed by atoms with Crippen LogP contribution in [0.3, 0.4) is 0 Å². The zero-order valence-electron chi connectivity index (χ0n) is 22.5. The molecule has 1 aliphatic carbocycles. The number of carbonyl (C=O) groups is 1. The van der Waals surface area contributed by atoms with Crippen LogP contribution in [0.2, 0.25) is 0 Å². The number of benzene rings is 3. The van der Waals surface area contributed by atoms with Gasteiger partial charge in [-0.15, -0.1) is 12.4 Å². The highest BCUT2D eigenvalue weighted by Crippen LogP contribution is 2.31. The number of halogens is 1. The Morgan fingerprint density at radius 3 is 2.30 bits per heavy atom. The minimum absolute atomic E-state index is 0. The Morgan fingerprint density at radius 2 is 1.59 bits per heavy atom. The molecule has 1 atom stereocenters. The van der Waals surface area contributed by atoms with E-state index in [-0.39, 0.29) is 18.3 Å². The zero-order valence-corrected chi connectivity index (χ0v) is 23.3. The molecule has 0 bridgehead atoms. The fraction of sp³-hybridized carbons (Fsp3) is 0.406. The summed E-state index contributed by atoms with van der Waals surface area (Å²) in [7, 11) is 1.95. The lowest BCUT2D eigenvalue weighted by Crippen LogP contribution is -2.37. The zero-order chi connectivity index (χ0) is 25.3. The molecule has 3 aromatic carbocycles. The van der Waals surface area contributed by atoms with Gasteiger partial charge in [0.1, 0.15) is 12.4 Å². The Labute approximate surface area is 229 Å². The van der Waals surface area contributed by atoms with Crippen LogP contribution >= 0.6 is 12.4 Å². The molecular formula is C32H41ClN2O2. The second-order valence-electron chi connectivity index (χ2n) is 9.94. The predicted octanol–water partition coefficient (Wildman–Crippen LogP) is 6.65. The van der Waals surface area contributed by atoms with E-state index in [2.05, 4.69) is 85.5 Å². The first-order chi connectivity index (χ1) is 17.6. The van der Waals surface area contributed by atoms with Gasteiger partial charge in [-0.3, -0.25) is 4.79 Å². The van der Waals surface area contributed by atoms with Crippen molar-refractivity contribution in [1.82, 2.24) is 9.80 Å². The molecule has 0 aromatic heterocycles. The molecule has 4 nitrogen and oxygen atoms in total. The molecule has 0 heterocycles. The number of hydrogen-bond acceptors (Lipinski definition) is 3. The van der Waals surface area contributed by atoms with Gasteiger partial charge in [-0.25, -0.2) is 0 Å². The second-order valence-corrected chi connectivity index (χ2v) is 9.94. The topological polar surface area (TPSA) is 32.8 Å². The largest absolute Gasteiger partial charge is 0.489 e. The lowest BCUT2D eigenvalue weighted by molar-refractivity contribution is -0.131. The SMILES string of the molecule is CCN(CC)CCN(C)C(=O)CC1CCc2cc(OCc3ccc(-c4ccccc4)cc3)ccc2C1.Cl. The van der Waals surface area contributed by atoms with E-state index in [1.54, 1.807) is 0 Å². The Morgan fingerprint density at radius 1 is 0.892 bits per heavy atom. The standard InChI is InChI=1S/C32H40N2O2.ClH/c1-4-34(5-2)20-19-33(3)32(35)22-26-13-16-30-23-31(18-17-29(30)21-26)36-24-25-11-14-28(15-12-25)27-9-7-6-8-10-27;/h6-12,14-15,17-18,23,26H,4-5,13,16,19-22,24H2,1-3H3;1H. The Bertz CT molecular complexity index is 1110. The average Bonchev–Trinajstić information content (AvgIpc) is 2.93. The van der Waals surface area contributed by atoms with Crippen LogP contribution in [0.15, 0.2) is 72.8 Å². The molecule has 0 radical (unpaired) electrons. The number of hydrogen-bond donors (Lipinski definition) is 0. The van der Waals surface area contributed by atoms with Gasteiger partial charge in [-0.1, -0.05) is 74.5 Å². The number of amides is 1. The minimum atomic E-state index is 0. The van der Waals surface area contributed by atoms with E-state index < -0.39 is 0 Å². The van der Waals surface area contributed by atoms with Crippen molar-refractivity contribution in [1.29, 1.82) is 0 Å². The van der Waals surface area contributed by atoms with Crippen LogP contribution in [0.4, 0.5) is 0 Å². The fourth-order valence-electron chi connectivity index (χ4n) is 5.02. The van der Waals surface area contributed by atoms with E-state index in [4.69, 9.17) is 4.74 Å². The van der Waals surface area contributed by atoms with Gasteiger partial charge in [-0.2, -0.15) is 0 Å². The molecule has 4 rings (SSSR count). The summed E-state index contributed by atoms with van der Waals surface area (Å²) in [5.41, 5.74) is 6.34. The number of aryl methyl sites for hydroxylation is 1. The molecule has 1 aliphatic rings. The van der Waals surface area contributed by atoms with Crippen molar-refractivity contribution in [3.63, 3.8) is 0 Å². The van der Waals surface area contributed by atoms with Crippen LogP contribution < -0.4 is 4.74 Å². The van der Waals surface area contributed by atoms with Gasteiger partial charge in [0.15, 0.2) is 0 Å². The molecule has 0 fully saturated rings. The summed E-state index contributed by atoms with van der Waals surface area (Å²) < 4.78 is 6.13. The Balaban J connectivity index is 0.00000380. The molecule has 3 aromatic rings. The Kier molecular flexibility index (Phi) is 11.0. The molecule has 0 spiro atoms. The van der Waals surface area contributed by atoms with Gasteiger partial charge in [-0.05, 0) is 78.2 Å². The third-order valence-corrected chi connectivity index (χ3v) is 7.51. The van der Waals surface area contributed by atoms with Gasteiger partial charge in [0.2, 0.25) is 5.91 Å². The molecule has 1 unspecified atom stereocenters.